The summed E-state index contributed by atoms with van der Waals surface area (Å²) in [4.78, 5) is -0.966. The molecular weight excluding hydrogens is 862 g/mol. The summed E-state index contributed by atoms with van der Waals surface area (Å²) in [5.41, 5.74) is -10.1. The molecule has 0 amide bonds. The molecule has 24 heteroatoms. The Bertz CT molecular complexity index is 2800. The molecule has 0 unspecified atom stereocenters. The number of ether oxygens (including phenoxy) is 2. The van der Waals surface area contributed by atoms with Crippen molar-refractivity contribution in [1.82, 2.24) is 0 Å². The highest BCUT2D eigenvalue weighted by atomic mass is 32.2. The van der Waals surface area contributed by atoms with E-state index in [-0.39, 0.29) is 0 Å². The second-order valence-electron chi connectivity index (χ2n) is 11.3. The van der Waals surface area contributed by atoms with Crippen molar-refractivity contribution in [3.63, 3.8) is 0 Å². The van der Waals surface area contributed by atoms with Gasteiger partial charge in [0.15, 0.2) is 81.3 Å². The topological polar surface area (TPSA) is 72.8 Å². The van der Waals surface area contributed by atoms with Crippen LogP contribution in [0.3, 0.4) is 0 Å². The molecule has 0 radical (unpaired) electrons. The van der Waals surface area contributed by atoms with E-state index in [0.717, 1.165) is 6.07 Å². The number of hydrogen-bond acceptors (Lipinski definition) is 4. The van der Waals surface area contributed by atoms with Gasteiger partial charge in [-0.2, -0.15) is 26.0 Å². The number of hydrogen-bond donors (Lipinski definition) is 1. The van der Waals surface area contributed by atoms with Crippen LogP contribution in [0.5, 0.6) is 23.0 Å². The average molecular weight is 868 g/mol. The highest BCUT2D eigenvalue weighted by Crippen LogP contribution is 2.47. The molecule has 0 saturated heterocycles. The van der Waals surface area contributed by atoms with E-state index in [1.165, 1.54) is 0 Å². The molecule has 58 heavy (non-hydrogen) atoms. The number of halogens is 18. The molecule has 0 heterocycles. The summed E-state index contributed by atoms with van der Waals surface area (Å²) in [6, 6.07) is 2.65. The summed E-state index contributed by atoms with van der Waals surface area (Å²) in [7, 11) is -5.09. The largest absolute Gasteiger partial charge is 0.447 e. The molecular formula is C34H6F18O5S. The van der Waals surface area contributed by atoms with E-state index in [0.29, 0.717) is 24.3 Å². The van der Waals surface area contributed by atoms with Crippen molar-refractivity contribution in [2.45, 2.75) is 4.90 Å². The summed E-state index contributed by atoms with van der Waals surface area (Å²) in [5, 5.41) is -0.994. The Kier molecular flexibility index (Phi) is 10.2. The molecule has 0 spiro atoms. The van der Waals surface area contributed by atoms with Crippen LogP contribution in [0.1, 0.15) is 0 Å². The Hall–Kier alpha value is -6.17. The van der Waals surface area contributed by atoms with Crippen molar-refractivity contribution in [3.05, 3.63) is 135 Å². The predicted molar refractivity (Wildman–Crippen MR) is 157 cm³/mol. The van der Waals surface area contributed by atoms with Gasteiger partial charge in [-0.25, -0.2) is 61.5 Å². The summed E-state index contributed by atoms with van der Waals surface area (Å²) in [6.45, 7) is 0. The van der Waals surface area contributed by atoms with Crippen molar-refractivity contribution >= 4 is 20.9 Å². The fourth-order valence-corrected chi connectivity index (χ4v) is 5.78. The van der Waals surface area contributed by atoms with E-state index in [1.807, 2.05) is 0 Å². The zero-order valence-electron chi connectivity index (χ0n) is 26.7. The zero-order chi connectivity index (χ0) is 43.2. The average Bonchev–Trinajstić information content (AvgIpc) is 3.18. The van der Waals surface area contributed by atoms with Crippen LogP contribution < -0.4 is 9.47 Å². The first kappa shape index (κ1) is 41.5. The third-order valence-corrected chi connectivity index (χ3v) is 8.81. The predicted octanol–water partition coefficient (Wildman–Crippen LogP) is 11.5. The van der Waals surface area contributed by atoms with Crippen molar-refractivity contribution in [2.75, 3.05) is 0 Å². The molecule has 0 fully saturated rings. The van der Waals surface area contributed by atoms with E-state index in [1.54, 1.807) is 0 Å². The second kappa shape index (κ2) is 14.3. The molecule has 304 valence electrons. The molecule has 0 saturated carbocycles. The SMILES string of the molecule is O=S(=O)(O)c1ccc2cc(Oc3c(F)c(F)c(-c4c(F)c(F)c(F)c(F)c4F)c(F)c3F)c(Oc3c(F)c(F)c(-c4c(F)c(F)c(F)c(F)c4F)c(F)c3F)cc2c1. The van der Waals surface area contributed by atoms with Gasteiger partial charge >= 0.3 is 0 Å². The Morgan fingerprint density at radius 1 is 0.345 bits per heavy atom. The minimum atomic E-state index is -5.09. The maximum Gasteiger partial charge on any atom is 0.294 e. The molecule has 0 aromatic heterocycles. The van der Waals surface area contributed by atoms with E-state index in [4.69, 9.17) is 9.47 Å². The summed E-state index contributed by atoms with van der Waals surface area (Å²) < 4.78 is 305. The molecule has 0 bridgehead atoms. The molecule has 5 nitrogen and oxygen atoms in total. The van der Waals surface area contributed by atoms with Crippen LogP contribution in [0.2, 0.25) is 0 Å². The van der Waals surface area contributed by atoms with Crippen LogP contribution in [0, 0.1) is 105 Å². The first-order chi connectivity index (χ1) is 26.9. The Labute approximate surface area is 307 Å². The van der Waals surface area contributed by atoms with Crippen LogP contribution in [0.15, 0.2) is 35.2 Å². The maximum absolute atomic E-state index is 15.4. The minimum Gasteiger partial charge on any atom is -0.447 e. The van der Waals surface area contributed by atoms with Gasteiger partial charge < -0.3 is 9.47 Å². The number of benzene rings is 6. The van der Waals surface area contributed by atoms with E-state index >= 15 is 35.1 Å². The van der Waals surface area contributed by atoms with Crippen LogP contribution in [-0.2, 0) is 10.1 Å². The highest BCUT2D eigenvalue weighted by molar-refractivity contribution is 7.85. The molecule has 6 rings (SSSR count). The monoisotopic (exact) mass is 868 g/mol. The fourth-order valence-electron chi connectivity index (χ4n) is 5.26. The summed E-state index contributed by atoms with van der Waals surface area (Å²) in [5.74, 6) is -59.8. The van der Waals surface area contributed by atoms with E-state index in [2.05, 4.69) is 0 Å². The lowest BCUT2D eigenvalue weighted by Gasteiger charge is -2.18. The molecule has 0 aliphatic heterocycles. The van der Waals surface area contributed by atoms with Gasteiger partial charge in [-0.15, -0.1) is 0 Å². The maximum atomic E-state index is 15.4. The summed E-state index contributed by atoms with van der Waals surface area (Å²) >= 11 is 0. The lowest BCUT2D eigenvalue weighted by atomic mass is 10.0. The first-order valence-electron chi connectivity index (χ1n) is 14.6. The Morgan fingerprint density at radius 3 is 0.897 bits per heavy atom. The normalized spacial score (nSPS) is 11.8. The van der Waals surface area contributed by atoms with Crippen molar-refractivity contribution < 1.29 is 101 Å². The number of rotatable bonds is 7. The van der Waals surface area contributed by atoms with Gasteiger partial charge in [0.25, 0.3) is 10.1 Å². The van der Waals surface area contributed by atoms with Crippen molar-refractivity contribution in [1.29, 1.82) is 0 Å². The van der Waals surface area contributed by atoms with Crippen LogP contribution in [0.4, 0.5) is 79.0 Å². The lowest BCUT2D eigenvalue weighted by molar-refractivity contribution is 0.336. The molecule has 1 N–H and O–H groups in total. The minimum absolute atomic E-state index is 0.331. The zero-order valence-corrected chi connectivity index (χ0v) is 27.5. The van der Waals surface area contributed by atoms with Gasteiger partial charge in [0.2, 0.25) is 46.4 Å². The third kappa shape index (κ3) is 6.35. The van der Waals surface area contributed by atoms with Crippen LogP contribution in [0.25, 0.3) is 33.0 Å². The Balaban J connectivity index is 1.58. The lowest BCUT2D eigenvalue weighted by Crippen LogP contribution is -2.10. The van der Waals surface area contributed by atoms with Crippen LogP contribution in [-0.4, -0.2) is 13.0 Å². The Morgan fingerprint density at radius 2 is 0.603 bits per heavy atom. The van der Waals surface area contributed by atoms with Gasteiger partial charge in [-0.1, -0.05) is 6.07 Å². The first-order valence-corrected chi connectivity index (χ1v) is 16.0. The van der Waals surface area contributed by atoms with E-state index < -0.39 is 176 Å². The summed E-state index contributed by atoms with van der Waals surface area (Å²) in [6.07, 6.45) is 0. The van der Waals surface area contributed by atoms with Gasteiger partial charge in [0.1, 0.15) is 0 Å². The van der Waals surface area contributed by atoms with Gasteiger partial charge in [0, 0.05) is 0 Å². The van der Waals surface area contributed by atoms with Gasteiger partial charge in [-0.3, -0.25) is 4.55 Å². The quantitative estimate of drug-likeness (QED) is 0.0749. The van der Waals surface area contributed by atoms with Crippen LogP contribution >= 0.6 is 0 Å². The number of fused-ring (bicyclic) bond motifs is 1. The molecule has 0 aliphatic rings. The molecule has 0 atom stereocenters. The molecule has 0 aliphatic carbocycles. The highest BCUT2D eigenvalue weighted by Gasteiger charge is 2.38. The van der Waals surface area contributed by atoms with Crippen molar-refractivity contribution in [2.24, 2.45) is 0 Å². The molecule has 6 aromatic carbocycles. The van der Waals surface area contributed by atoms with E-state index in [9.17, 15) is 56.9 Å². The third-order valence-electron chi connectivity index (χ3n) is 7.96. The molecule has 6 aromatic rings. The van der Waals surface area contributed by atoms with Gasteiger partial charge in [-0.05, 0) is 35.0 Å². The smallest absolute Gasteiger partial charge is 0.294 e. The standard InChI is InChI=1S/C34H6F18O5S/c35-15-11(16(36)24(44)27(47)23(15)43)13-19(39)29(49)33(30(50)20(13)40)56-9-4-6-1-2-8(58(53,54)55)3-7(6)5-10(9)57-34-31(51)21(41)14(22(42)32(34)52)12-17(37)25(45)28(48)26(46)18(12)38/h1-5H,(H,53,54,55). The van der Waals surface area contributed by atoms with Gasteiger partial charge in [0.05, 0.1) is 27.1 Å². The van der Waals surface area contributed by atoms with Crippen molar-refractivity contribution in [3.8, 4) is 45.3 Å². The fraction of sp³-hybridized carbons (Fsp3) is 0. The second-order valence-corrected chi connectivity index (χ2v) is 12.7.